The lowest BCUT2D eigenvalue weighted by Gasteiger charge is -2.28. The summed E-state index contributed by atoms with van der Waals surface area (Å²) in [7, 11) is 3.28. The highest BCUT2D eigenvalue weighted by Crippen LogP contribution is 2.35. The van der Waals surface area contributed by atoms with Gasteiger partial charge in [-0.1, -0.05) is 0 Å². The number of carbonyl (C=O) groups excluding carboxylic acids is 1. The molecule has 1 aromatic carbocycles. The van der Waals surface area contributed by atoms with E-state index in [-0.39, 0.29) is 0 Å². The van der Waals surface area contributed by atoms with Crippen molar-refractivity contribution in [3.05, 3.63) is 18.5 Å². The van der Waals surface area contributed by atoms with E-state index in [0.29, 0.717) is 11.5 Å². The summed E-state index contributed by atoms with van der Waals surface area (Å²) in [5.74, 6) is 4.66. The minimum atomic E-state index is -0.833. The van der Waals surface area contributed by atoms with Crippen LogP contribution in [0.15, 0.2) is 18.5 Å². The normalized spacial score (nSPS) is 13.8. The number of methoxy groups -OCH3 is 2. The monoisotopic (exact) mass is 351 g/mol. The summed E-state index contributed by atoms with van der Waals surface area (Å²) in [6, 6.07) is 3.03. The smallest absolute Gasteiger partial charge is 0.309 e. The first-order valence-corrected chi connectivity index (χ1v) is 8.46. The van der Waals surface area contributed by atoms with Crippen LogP contribution in [0.2, 0.25) is 0 Å². The molecule has 8 nitrogen and oxygen atoms in total. The Morgan fingerprint density at radius 1 is 1.12 bits per heavy atom. The Balaban J connectivity index is 0.000000471. The van der Waals surface area contributed by atoms with Crippen LogP contribution in [0, 0.1) is 0 Å². The number of anilines is 1. The zero-order valence-electron chi connectivity index (χ0n) is 13.7. The lowest BCUT2D eigenvalue weighted by Crippen LogP contribution is -2.33. The molecule has 1 aliphatic rings. The molecule has 2 heterocycles. The lowest BCUT2D eigenvalue weighted by molar-refractivity contribution is 0.256. The van der Waals surface area contributed by atoms with Crippen LogP contribution in [0.25, 0.3) is 10.9 Å². The van der Waals surface area contributed by atoms with Crippen LogP contribution >= 0.6 is 11.8 Å². The third-order valence-corrected chi connectivity index (χ3v) is 4.37. The number of hydrogen-bond donors (Lipinski definition) is 2. The number of carbonyl (C=O) groups is 1. The number of nitrogens with two attached hydrogens (primary N) is 2. The number of hydrogen-bond acceptors (Lipinski definition) is 7. The first-order valence-electron chi connectivity index (χ1n) is 7.31. The molecule has 0 atom stereocenters. The SMILES string of the molecule is COc1cc2ncnc(N3CCSCC3)c2cc1OC.NC(N)=O. The standard InChI is InChI=1S/C14H17N3O2S.CH4N2O/c1-18-12-7-10-11(8-13(12)19-2)15-9-16-14(10)17-3-5-20-6-4-17;2-1(3)4/h7-9H,3-6H2,1-2H3;(H4,2,3,4). The predicted octanol–water partition coefficient (Wildman–Crippen LogP) is 1.22. The zero-order chi connectivity index (χ0) is 17.5. The van der Waals surface area contributed by atoms with Crippen LogP contribution in [0.3, 0.4) is 0 Å². The quantitative estimate of drug-likeness (QED) is 0.854. The van der Waals surface area contributed by atoms with E-state index in [1.807, 2.05) is 23.9 Å². The average molecular weight is 351 g/mol. The van der Waals surface area contributed by atoms with Gasteiger partial charge in [-0.25, -0.2) is 14.8 Å². The van der Waals surface area contributed by atoms with Crippen LogP contribution in [0.5, 0.6) is 11.5 Å². The fourth-order valence-electron chi connectivity index (χ4n) is 2.40. The number of aromatic nitrogens is 2. The van der Waals surface area contributed by atoms with Crippen LogP contribution < -0.4 is 25.8 Å². The van der Waals surface area contributed by atoms with E-state index in [1.165, 1.54) is 0 Å². The number of thioether (sulfide) groups is 1. The van der Waals surface area contributed by atoms with Crippen molar-refractivity contribution in [3.8, 4) is 11.5 Å². The second-order valence-electron chi connectivity index (χ2n) is 4.92. The highest BCUT2D eigenvalue weighted by molar-refractivity contribution is 7.99. The highest BCUT2D eigenvalue weighted by atomic mass is 32.2. The second kappa shape index (κ2) is 8.44. The van der Waals surface area contributed by atoms with Gasteiger partial charge in [0.2, 0.25) is 0 Å². The maximum Gasteiger partial charge on any atom is 0.309 e. The van der Waals surface area contributed by atoms with Crippen molar-refractivity contribution in [2.24, 2.45) is 11.5 Å². The van der Waals surface area contributed by atoms with E-state index in [2.05, 4.69) is 26.3 Å². The summed E-state index contributed by atoms with van der Waals surface area (Å²) >= 11 is 1.98. The Labute approximate surface area is 144 Å². The van der Waals surface area contributed by atoms with Crippen molar-refractivity contribution in [2.45, 2.75) is 0 Å². The molecule has 1 saturated heterocycles. The van der Waals surface area contributed by atoms with E-state index >= 15 is 0 Å². The molecule has 0 radical (unpaired) electrons. The molecule has 9 heteroatoms. The van der Waals surface area contributed by atoms with Gasteiger partial charge in [0, 0.05) is 36.0 Å². The molecule has 0 bridgehead atoms. The Morgan fingerprint density at radius 3 is 2.29 bits per heavy atom. The minimum absolute atomic E-state index is 0.693. The van der Waals surface area contributed by atoms with Crippen LogP contribution in [0.4, 0.5) is 10.6 Å². The number of rotatable bonds is 3. The van der Waals surface area contributed by atoms with Crippen molar-refractivity contribution in [3.63, 3.8) is 0 Å². The maximum atomic E-state index is 9.00. The highest BCUT2D eigenvalue weighted by Gasteiger charge is 2.17. The van der Waals surface area contributed by atoms with Gasteiger partial charge in [-0.2, -0.15) is 11.8 Å². The van der Waals surface area contributed by atoms with Gasteiger partial charge in [0.25, 0.3) is 0 Å². The molecule has 3 rings (SSSR count). The van der Waals surface area contributed by atoms with E-state index in [0.717, 1.165) is 41.3 Å². The number of nitrogens with zero attached hydrogens (tertiary/aromatic N) is 3. The van der Waals surface area contributed by atoms with Gasteiger partial charge in [0.15, 0.2) is 11.5 Å². The molecule has 0 saturated carbocycles. The molecule has 1 fully saturated rings. The van der Waals surface area contributed by atoms with Crippen LogP contribution in [-0.4, -0.2) is 54.8 Å². The summed E-state index contributed by atoms with van der Waals surface area (Å²) in [5, 5.41) is 1.01. The van der Waals surface area contributed by atoms with Crippen molar-refractivity contribution in [2.75, 3.05) is 43.7 Å². The molecule has 1 aliphatic heterocycles. The second-order valence-corrected chi connectivity index (χ2v) is 6.15. The van der Waals surface area contributed by atoms with Gasteiger partial charge in [-0.15, -0.1) is 0 Å². The summed E-state index contributed by atoms with van der Waals surface area (Å²) < 4.78 is 10.7. The first-order chi connectivity index (χ1) is 11.6. The minimum Gasteiger partial charge on any atom is -0.493 e. The van der Waals surface area contributed by atoms with E-state index in [9.17, 15) is 0 Å². The maximum absolute atomic E-state index is 9.00. The van der Waals surface area contributed by atoms with E-state index < -0.39 is 6.03 Å². The van der Waals surface area contributed by atoms with Crippen molar-refractivity contribution < 1.29 is 14.3 Å². The third kappa shape index (κ3) is 4.31. The van der Waals surface area contributed by atoms with Gasteiger partial charge < -0.3 is 25.8 Å². The van der Waals surface area contributed by atoms with Crippen LogP contribution in [-0.2, 0) is 0 Å². The van der Waals surface area contributed by atoms with Gasteiger partial charge in [0.05, 0.1) is 19.7 Å². The molecule has 0 aliphatic carbocycles. The molecule has 0 unspecified atom stereocenters. The van der Waals surface area contributed by atoms with E-state index in [4.69, 9.17) is 14.3 Å². The molecular formula is C15H21N5O3S. The van der Waals surface area contributed by atoms with Gasteiger partial charge >= 0.3 is 6.03 Å². The summed E-state index contributed by atoms with van der Waals surface area (Å²) in [6.07, 6.45) is 1.62. The molecule has 130 valence electrons. The number of urea groups is 1. The first kappa shape index (κ1) is 17.9. The Kier molecular flexibility index (Phi) is 6.30. The molecule has 1 aromatic heterocycles. The van der Waals surface area contributed by atoms with Crippen molar-refractivity contribution >= 4 is 34.5 Å². The summed E-state index contributed by atoms with van der Waals surface area (Å²) in [6.45, 7) is 2.04. The topological polar surface area (TPSA) is 117 Å². The van der Waals surface area contributed by atoms with Gasteiger partial charge in [0.1, 0.15) is 12.1 Å². The van der Waals surface area contributed by atoms with Crippen molar-refractivity contribution in [1.82, 2.24) is 9.97 Å². The molecule has 0 spiro atoms. The van der Waals surface area contributed by atoms with E-state index in [1.54, 1.807) is 20.5 Å². The zero-order valence-corrected chi connectivity index (χ0v) is 14.5. The largest absolute Gasteiger partial charge is 0.493 e. The Hall–Kier alpha value is -2.42. The van der Waals surface area contributed by atoms with Gasteiger partial charge in [-0.05, 0) is 6.07 Å². The number of ether oxygens (including phenoxy) is 2. The molecular weight excluding hydrogens is 330 g/mol. The van der Waals surface area contributed by atoms with Gasteiger partial charge in [-0.3, -0.25) is 0 Å². The number of fused-ring (bicyclic) bond motifs is 1. The third-order valence-electron chi connectivity index (χ3n) is 3.43. The Morgan fingerprint density at radius 2 is 1.71 bits per heavy atom. The molecule has 2 amide bonds. The van der Waals surface area contributed by atoms with Crippen LogP contribution in [0.1, 0.15) is 0 Å². The summed E-state index contributed by atoms with van der Waals surface area (Å²) in [4.78, 5) is 20.1. The number of benzene rings is 1. The molecule has 24 heavy (non-hydrogen) atoms. The molecule has 4 N–H and O–H groups in total. The molecule has 2 aromatic rings. The average Bonchev–Trinajstić information content (AvgIpc) is 2.60. The number of primary amides is 2. The fourth-order valence-corrected chi connectivity index (χ4v) is 3.30. The fraction of sp³-hybridized carbons (Fsp3) is 0.400. The summed E-state index contributed by atoms with van der Waals surface area (Å²) in [5.41, 5.74) is 9.38. The number of amides is 2. The van der Waals surface area contributed by atoms with Crippen molar-refractivity contribution in [1.29, 1.82) is 0 Å². The lowest BCUT2D eigenvalue weighted by atomic mass is 10.2. The Bertz CT molecular complexity index is 703. The predicted molar refractivity (Wildman–Crippen MR) is 96.0 cm³/mol.